The van der Waals surface area contributed by atoms with E-state index in [0.29, 0.717) is 18.0 Å². The van der Waals surface area contributed by atoms with Crippen LogP contribution in [0.15, 0.2) is 66.0 Å². The fourth-order valence-corrected chi connectivity index (χ4v) is 6.06. The molecule has 0 N–H and O–H groups in total. The van der Waals surface area contributed by atoms with E-state index in [9.17, 15) is 8.42 Å². The molecule has 0 amide bonds. The van der Waals surface area contributed by atoms with Crippen LogP contribution in [0, 0.1) is 0 Å². The van der Waals surface area contributed by atoms with Crippen molar-refractivity contribution in [2.75, 3.05) is 19.6 Å². The molecule has 0 radical (unpaired) electrons. The summed E-state index contributed by atoms with van der Waals surface area (Å²) < 4.78 is 36.9. The van der Waals surface area contributed by atoms with Gasteiger partial charge >= 0.3 is 0 Å². The molecular formula is C22H25N5O3S. The molecule has 0 aliphatic carbocycles. The van der Waals surface area contributed by atoms with Crippen LogP contribution in [0.5, 0.6) is 5.75 Å². The standard InChI is InChI=1S/C22H25N5O3S/c1-25-13-18(12-24-25)14-26-11-9-22(16-26)17-27(15-19-6-4-5-10-23-19)31(28,29)21-8-3-2-7-20(21)30-22/h2-8,10,12-13H,9,11,14-17H2,1H3/t22-/m0/s1. The van der Waals surface area contributed by atoms with Crippen molar-refractivity contribution in [2.24, 2.45) is 7.05 Å². The molecule has 2 aromatic heterocycles. The minimum atomic E-state index is -3.72. The van der Waals surface area contributed by atoms with Gasteiger partial charge in [-0.15, -0.1) is 0 Å². The predicted molar refractivity (Wildman–Crippen MR) is 115 cm³/mol. The van der Waals surface area contributed by atoms with E-state index in [0.717, 1.165) is 25.1 Å². The number of ether oxygens (including phenoxy) is 1. The maximum atomic E-state index is 13.5. The summed E-state index contributed by atoms with van der Waals surface area (Å²) in [5, 5.41) is 4.25. The van der Waals surface area contributed by atoms with Gasteiger partial charge in [-0.3, -0.25) is 14.6 Å². The van der Waals surface area contributed by atoms with Crippen molar-refractivity contribution in [1.82, 2.24) is 24.0 Å². The summed E-state index contributed by atoms with van der Waals surface area (Å²) in [5.74, 6) is 0.425. The fourth-order valence-electron chi connectivity index (χ4n) is 4.46. The van der Waals surface area contributed by atoms with E-state index < -0.39 is 15.6 Å². The third kappa shape index (κ3) is 3.96. The summed E-state index contributed by atoms with van der Waals surface area (Å²) in [5.41, 5.74) is 1.23. The first-order valence-corrected chi connectivity index (χ1v) is 11.8. The van der Waals surface area contributed by atoms with E-state index in [1.54, 1.807) is 29.1 Å². The number of hydrogen-bond acceptors (Lipinski definition) is 6. The highest BCUT2D eigenvalue weighted by molar-refractivity contribution is 7.89. The van der Waals surface area contributed by atoms with E-state index in [4.69, 9.17) is 4.74 Å². The van der Waals surface area contributed by atoms with E-state index in [1.165, 1.54) is 4.31 Å². The number of aryl methyl sites for hydroxylation is 1. The van der Waals surface area contributed by atoms with Crippen LogP contribution < -0.4 is 4.74 Å². The Morgan fingerprint density at radius 1 is 1.10 bits per heavy atom. The van der Waals surface area contributed by atoms with Crippen LogP contribution in [-0.4, -0.2) is 57.6 Å². The summed E-state index contributed by atoms with van der Waals surface area (Å²) in [4.78, 5) is 6.86. The molecular weight excluding hydrogens is 414 g/mol. The predicted octanol–water partition coefficient (Wildman–Crippen LogP) is 2.04. The van der Waals surface area contributed by atoms with Gasteiger partial charge in [0, 0.05) is 51.1 Å². The highest BCUT2D eigenvalue weighted by atomic mass is 32.2. The van der Waals surface area contributed by atoms with Crippen LogP contribution in [0.3, 0.4) is 0 Å². The molecule has 9 heteroatoms. The van der Waals surface area contributed by atoms with E-state index in [1.807, 2.05) is 43.7 Å². The molecule has 1 atom stereocenters. The number of likely N-dealkylation sites (tertiary alicyclic amines) is 1. The Morgan fingerprint density at radius 3 is 2.71 bits per heavy atom. The van der Waals surface area contributed by atoms with Crippen molar-refractivity contribution in [1.29, 1.82) is 0 Å². The fraction of sp³-hybridized carbons (Fsp3) is 0.364. The Bertz CT molecular complexity index is 1180. The van der Waals surface area contributed by atoms with Crippen molar-refractivity contribution in [3.63, 3.8) is 0 Å². The monoisotopic (exact) mass is 439 g/mol. The maximum absolute atomic E-state index is 13.5. The molecule has 31 heavy (non-hydrogen) atoms. The Balaban J connectivity index is 1.47. The lowest BCUT2D eigenvalue weighted by molar-refractivity contribution is 0.0568. The Morgan fingerprint density at radius 2 is 1.94 bits per heavy atom. The van der Waals surface area contributed by atoms with Gasteiger partial charge in [0.2, 0.25) is 10.0 Å². The van der Waals surface area contributed by atoms with Gasteiger partial charge in [0.25, 0.3) is 0 Å². The number of pyridine rings is 1. The summed E-state index contributed by atoms with van der Waals surface area (Å²) in [7, 11) is -1.81. The van der Waals surface area contributed by atoms with E-state index >= 15 is 0 Å². The third-order valence-electron chi connectivity index (χ3n) is 5.88. The molecule has 8 nitrogen and oxygen atoms in total. The highest BCUT2D eigenvalue weighted by Crippen LogP contribution is 2.39. The lowest BCUT2D eigenvalue weighted by atomic mass is 10.0. The summed E-state index contributed by atoms with van der Waals surface area (Å²) in [6.45, 7) is 2.72. The third-order valence-corrected chi connectivity index (χ3v) is 7.71. The zero-order valence-electron chi connectivity index (χ0n) is 17.4. The number of aromatic nitrogens is 3. The smallest absolute Gasteiger partial charge is 0.247 e. The first kappa shape index (κ1) is 20.2. The first-order valence-electron chi connectivity index (χ1n) is 10.3. The number of benzene rings is 1. The van der Waals surface area contributed by atoms with Crippen LogP contribution in [0.25, 0.3) is 0 Å². The average Bonchev–Trinajstić information content (AvgIpc) is 3.32. The van der Waals surface area contributed by atoms with Gasteiger partial charge in [-0.2, -0.15) is 9.40 Å². The molecule has 3 aromatic rings. The first-order chi connectivity index (χ1) is 14.9. The number of sulfonamides is 1. The van der Waals surface area contributed by atoms with Gasteiger partial charge in [0.15, 0.2) is 0 Å². The number of rotatable bonds is 4. The number of hydrogen-bond donors (Lipinski definition) is 0. The maximum Gasteiger partial charge on any atom is 0.247 e. The highest BCUT2D eigenvalue weighted by Gasteiger charge is 2.47. The second-order valence-electron chi connectivity index (χ2n) is 8.31. The molecule has 2 aliphatic heterocycles. The number of nitrogens with zero attached hydrogens (tertiary/aromatic N) is 5. The topological polar surface area (TPSA) is 80.6 Å². The van der Waals surface area contributed by atoms with Crippen LogP contribution in [0.4, 0.5) is 0 Å². The minimum absolute atomic E-state index is 0.214. The van der Waals surface area contributed by atoms with Crippen LogP contribution >= 0.6 is 0 Å². The molecule has 1 fully saturated rings. The van der Waals surface area contributed by atoms with Crippen molar-refractivity contribution in [3.8, 4) is 5.75 Å². The molecule has 1 spiro atoms. The van der Waals surface area contributed by atoms with E-state index in [2.05, 4.69) is 15.0 Å². The molecule has 1 aromatic carbocycles. The molecule has 0 saturated carbocycles. The van der Waals surface area contributed by atoms with Gasteiger partial charge in [-0.25, -0.2) is 8.42 Å². The van der Waals surface area contributed by atoms with Gasteiger partial charge < -0.3 is 4.74 Å². The van der Waals surface area contributed by atoms with Crippen LogP contribution in [-0.2, 0) is 30.2 Å². The molecule has 5 rings (SSSR count). The molecule has 162 valence electrons. The second-order valence-corrected chi connectivity index (χ2v) is 10.2. The second kappa shape index (κ2) is 7.74. The van der Waals surface area contributed by atoms with Crippen molar-refractivity contribution in [2.45, 2.75) is 30.0 Å². The molecule has 2 aliphatic rings. The average molecular weight is 440 g/mol. The Hall–Kier alpha value is -2.75. The van der Waals surface area contributed by atoms with Gasteiger partial charge in [0.1, 0.15) is 16.2 Å². The molecule has 1 saturated heterocycles. The van der Waals surface area contributed by atoms with Crippen molar-refractivity contribution >= 4 is 10.0 Å². The lowest BCUT2D eigenvalue weighted by Crippen LogP contribution is -2.49. The minimum Gasteiger partial charge on any atom is -0.483 e. The SMILES string of the molecule is Cn1cc(CN2CC[C@]3(C2)CN(Cc2ccccn2)S(=O)(=O)c2ccccc2O3)cn1. The van der Waals surface area contributed by atoms with Gasteiger partial charge in [0.05, 0.1) is 25.0 Å². The number of fused-ring (bicyclic) bond motifs is 1. The summed E-state index contributed by atoms with van der Waals surface area (Å²) in [6, 6.07) is 12.5. The number of para-hydroxylation sites is 1. The normalized spacial score (nSPS) is 23.4. The summed E-state index contributed by atoms with van der Waals surface area (Å²) in [6.07, 6.45) is 6.30. The van der Waals surface area contributed by atoms with Gasteiger partial charge in [-0.05, 0) is 24.3 Å². The van der Waals surface area contributed by atoms with Crippen molar-refractivity contribution < 1.29 is 13.2 Å². The molecule has 0 bridgehead atoms. The Kier molecular flexibility index (Phi) is 5.04. The van der Waals surface area contributed by atoms with E-state index in [-0.39, 0.29) is 18.0 Å². The van der Waals surface area contributed by atoms with Crippen LogP contribution in [0.1, 0.15) is 17.7 Å². The Labute approximate surface area is 182 Å². The molecule has 4 heterocycles. The largest absolute Gasteiger partial charge is 0.483 e. The molecule has 0 unspecified atom stereocenters. The lowest BCUT2D eigenvalue weighted by Gasteiger charge is -2.32. The van der Waals surface area contributed by atoms with Crippen molar-refractivity contribution in [3.05, 3.63) is 72.3 Å². The quantitative estimate of drug-likeness (QED) is 0.619. The van der Waals surface area contributed by atoms with Crippen LogP contribution in [0.2, 0.25) is 0 Å². The van der Waals surface area contributed by atoms with Gasteiger partial charge in [-0.1, -0.05) is 18.2 Å². The zero-order chi connectivity index (χ0) is 21.5. The summed E-state index contributed by atoms with van der Waals surface area (Å²) >= 11 is 0. The zero-order valence-corrected chi connectivity index (χ0v) is 18.2.